The van der Waals surface area contributed by atoms with Gasteiger partial charge in [0.05, 0.1) is 6.04 Å². The van der Waals surface area contributed by atoms with Crippen molar-refractivity contribution in [2.45, 2.75) is 32.4 Å². The Morgan fingerprint density at radius 3 is 2.46 bits per heavy atom. The lowest BCUT2D eigenvalue weighted by molar-refractivity contribution is -0.121. The minimum atomic E-state index is -0.885. The van der Waals surface area contributed by atoms with Crippen molar-refractivity contribution >= 4 is 12.1 Å². The van der Waals surface area contributed by atoms with Crippen molar-refractivity contribution in [2.75, 3.05) is 7.05 Å². The number of nitrogens with two attached hydrogens (primary N) is 1. The van der Waals surface area contributed by atoms with Crippen molar-refractivity contribution in [1.82, 2.24) is 5.32 Å². The van der Waals surface area contributed by atoms with Crippen LogP contribution in [0.3, 0.4) is 0 Å². The van der Waals surface area contributed by atoms with Crippen LogP contribution in [0.15, 0.2) is 0 Å². The average molecular weight is 185 g/mol. The third-order valence-electron chi connectivity index (χ3n) is 2.28. The third-order valence-corrected chi connectivity index (χ3v) is 2.28. The minimum absolute atomic E-state index is 0.0942. The van der Waals surface area contributed by atoms with Crippen LogP contribution < -0.4 is 11.1 Å². The fourth-order valence-corrected chi connectivity index (χ4v) is 0.986. The number of carbonyl (C=O) groups is 1. The van der Waals surface area contributed by atoms with Crippen molar-refractivity contribution in [3.8, 4) is 0 Å². The molecule has 4 heteroatoms. The number of rotatable bonds is 6. The molecule has 3 atom stereocenters. The normalized spacial score (nSPS) is 17.5. The molecule has 0 spiro atoms. The summed E-state index contributed by atoms with van der Waals surface area (Å²) in [5.74, 6) is -0.191. The van der Waals surface area contributed by atoms with E-state index < -0.39 is 12.1 Å². The predicted molar refractivity (Wildman–Crippen MR) is 51.0 cm³/mol. The zero-order valence-electron chi connectivity index (χ0n) is 8.33. The van der Waals surface area contributed by atoms with Crippen molar-refractivity contribution < 1.29 is 9.59 Å². The summed E-state index contributed by atoms with van der Waals surface area (Å²) in [5, 5.41) is 2.56. The molecule has 0 aliphatic rings. The molecule has 3 N–H and O–H groups in total. The van der Waals surface area contributed by atoms with Crippen LogP contribution in [0.25, 0.3) is 0 Å². The highest BCUT2D eigenvalue weighted by molar-refractivity contribution is 6.00. The van der Waals surface area contributed by atoms with Gasteiger partial charge in [0.2, 0.25) is 6.29 Å². The molecule has 0 aliphatic carbocycles. The van der Waals surface area contributed by atoms with Crippen molar-refractivity contribution in [3.63, 3.8) is 0 Å². The van der Waals surface area contributed by atoms with Crippen LogP contribution in [0, 0.1) is 5.92 Å². The van der Waals surface area contributed by atoms with Gasteiger partial charge in [-0.3, -0.25) is 9.59 Å². The van der Waals surface area contributed by atoms with Gasteiger partial charge in [-0.25, -0.2) is 0 Å². The van der Waals surface area contributed by atoms with Crippen molar-refractivity contribution in [3.05, 3.63) is 0 Å². The lowest BCUT2D eigenvalue weighted by Crippen LogP contribution is -2.48. The molecular formula is C9H17N2O2. The molecule has 1 unspecified atom stereocenters. The standard InChI is InChI=1S/C9H17N2O2/c1-4-6(2)8(10)9(13)7(5-12)11-3/h6-8,11H,4,10H2,1-3H3/t6-,7?,8-/m0/s1. The molecular weight excluding hydrogens is 168 g/mol. The van der Waals surface area contributed by atoms with E-state index in [1.807, 2.05) is 13.8 Å². The molecule has 0 heterocycles. The van der Waals surface area contributed by atoms with E-state index in [2.05, 4.69) is 5.32 Å². The topological polar surface area (TPSA) is 72.2 Å². The molecule has 0 fully saturated rings. The first kappa shape index (κ1) is 12.3. The molecule has 0 aromatic heterocycles. The van der Waals surface area contributed by atoms with E-state index in [4.69, 9.17) is 5.73 Å². The summed E-state index contributed by atoms with van der Waals surface area (Å²) in [6.45, 7) is 3.84. The molecule has 0 amide bonds. The van der Waals surface area contributed by atoms with Gasteiger partial charge in [0.15, 0.2) is 5.78 Å². The summed E-state index contributed by atoms with van der Waals surface area (Å²) in [7, 11) is 1.54. The molecule has 13 heavy (non-hydrogen) atoms. The highest BCUT2D eigenvalue weighted by Gasteiger charge is 2.26. The molecule has 0 aliphatic heterocycles. The van der Waals surface area contributed by atoms with Crippen molar-refractivity contribution in [1.29, 1.82) is 0 Å². The van der Waals surface area contributed by atoms with E-state index in [1.165, 1.54) is 7.05 Å². The fraction of sp³-hybridized carbons (Fsp3) is 0.778. The Bertz CT molecular complexity index is 182. The summed E-state index contributed by atoms with van der Waals surface area (Å²) < 4.78 is 0. The summed E-state index contributed by atoms with van der Waals surface area (Å²) >= 11 is 0. The maximum absolute atomic E-state index is 11.5. The lowest BCUT2D eigenvalue weighted by Gasteiger charge is -2.19. The van der Waals surface area contributed by atoms with E-state index in [-0.39, 0.29) is 11.7 Å². The molecule has 0 saturated heterocycles. The Morgan fingerprint density at radius 1 is 1.62 bits per heavy atom. The van der Waals surface area contributed by atoms with Gasteiger partial charge in [0, 0.05) is 0 Å². The lowest BCUT2D eigenvalue weighted by atomic mass is 9.93. The Kier molecular flexibility index (Phi) is 5.50. The first-order chi connectivity index (χ1) is 6.08. The average Bonchev–Trinajstić information content (AvgIpc) is 2.17. The number of carbonyl (C=O) groups excluding carboxylic acids is 2. The zero-order chi connectivity index (χ0) is 10.4. The predicted octanol–water partition coefficient (Wildman–Crippen LogP) is -0.373. The van der Waals surface area contributed by atoms with Crippen molar-refractivity contribution in [2.24, 2.45) is 11.7 Å². The summed E-state index contributed by atoms with van der Waals surface area (Å²) in [6, 6.07) is -1.46. The number of Topliss-reactive ketones (excluding diaryl/α,β-unsaturated/α-hetero) is 1. The second-order valence-electron chi connectivity index (χ2n) is 3.15. The summed E-state index contributed by atoms with van der Waals surface area (Å²) in [6.07, 6.45) is 2.44. The van der Waals surface area contributed by atoms with Crippen LogP contribution in [-0.2, 0) is 9.59 Å². The summed E-state index contributed by atoms with van der Waals surface area (Å²) in [5.41, 5.74) is 5.65. The van der Waals surface area contributed by atoms with Gasteiger partial charge < -0.3 is 11.1 Å². The quantitative estimate of drug-likeness (QED) is 0.554. The molecule has 4 nitrogen and oxygen atoms in total. The number of likely N-dealkylation sites (N-methyl/N-ethyl adjacent to an activating group) is 1. The maximum Gasteiger partial charge on any atom is 0.225 e. The maximum atomic E-state index is 11.5. The smallest absolute Gasteiger partial charge is 0.225 e. The SMILES string of the molecule is CC[C@H](C)[C@H](N)C(=O)C([C]=O)NC. The van der Waals surface area contributed by atoms with Gasteiger partial charge in [-0.15, -0.1) is 0 Å². The number of hydrogen-bond acceptors (Lipinski definition) is 4. The van der Waals surface area contributed by atoms with Gasteiger partial charge in [-0.2, -0.15) is 0 Å². The Hall–Kier alpha value is -0.740. The number of hydrogen-bond donors (Lipinski definition) is 2. The molecule has 1 radical (unpaired) electrons. The molecule has 0 bridgehead atoms. The monoisotopic (exact) mass is 185 g/mol. The Balaban J connectivity index is 4.30. The highest BCUT2D eigenvalue weighted by atomic mass is 16.1. The molecule has 0 saturated carbocycles. The van der Waals surface area contributed by atoms with Gasteiger partial charge >= 0.3 is 0 Å². The molecule has 0 aromatic carbocycles. The number of ketones is 1. The second kappa shape index (κ2) is 5.83. The van der Waals surface area contributed by atoms with Crippen LogP contribution in [0.4, 0.5) is 0 Å². The first-order valence-corrected chi connectivity index (χ1v) is 4.42. The number of nitrogens with one attached hydrogen (secondary N) is 1. The van der Waals surface area contributed by atoms with Crippen LogP contribution in [0.1, 0.15) is 20.3 Å². The van der Waals surface area contributed by atoms with Crippen LogP contribution in [0.5, 0.6) is 0 Å². The highest BCUT2D eigenvalue weighted by Crippen LogP contribution is 2.07. The minimum Gasteiger partial charge on any atom is -0.321 e. The largest absolute Gasteiger partial charge is 0.321 e. The van der Waals surface area contributed by atoms with E-state index in [0.29, 0.717) is 0 Å². The molecule has 0 aromatic rings. The van der Waals surface area contributed by atoms with Gasteiger partial charge in [0.1, 0.15) is 6.04 Å². The van der Waals surface area contributed by atoms with E-state index in [9.17, 15) is 9.59 Å². The van der Waals surface area contributed by atoms with E-state index >= 15 is 0 Å². The third kappa shape index (κ3) is 3.24. The fourth-order valence-electron chi connectivity index (χ4n) is 0.986. The molecule has 75 valence electrons. The second-order valence-corrected chi connectivity index (χ2v) is 3.15. The van der Waals surface area contributed by atoms with Crippen LogP contribution in [0.2, 0.25) is 0 Å². The van der Waals surface area contributed by atoms with Crippen LogP contribution in [-0.4, -0.2) is 31.2 Å². The zero-order valence-corrected chi connectivity index (χ0v) is 8.33. The van der Waals surface area contributed by atoms with E-state index in [0.717, 1.165) is 6.42 Å². The van der Waals surface area contributed by atoms with Gasteiger partial charge in [-0.1, -0.05) is 20.3 Å². The Labute approximate surface area is 78.9 Å². The van der Waals surface area contributed by atoms with Crippen LogP contribution >= 0.6 is 0 Å². The Morgan fingerprint density at radius 2 is 2.15 bits per heavy atom. The molecule has 0 rings (SSSR count). The van der Waals surface area contributed by atoms with Gasteiger partial charge in [0.25, 0.3) is 0 Å². The first-order valence-electron chi connectivity index (χ1n) is 4.42. The van der Waals surface area contributed by atoms with E-state index in [1.54, 1.807) is 6.29 Å². The summed E-state index contributed by atoms with van der Waals surface area (Å²) in [4.78, 5) is 21.8. The van der Waals surface area contributed by atoms with Gasteiger partial charge in [-0.05, 0) is 13.0 Å².